The van der Waals surface area contributed by atoms with E-state index < -0.39 is 0 Å². The number of carbonyl (C=O) groups is 1. The van der Waals surface area contributed by atoms with Crippen molar-refractivity contribution in [3.63, 3.8) is 0 Å². The molecule has 2 aromatic heterocycles. The molecule has 0 aliphatic carbocycles. The predicted molar refractivity (Wildman–Crippen MR) is 103 cm³/mol. The second kappa shape index (κ2) is 9.14. The van der Waals surface area contributed by atoms with Crippen molar-refractivity contribution in [1.82, 2.24) is 24.4 Å². The highest BCUT2D eigenvalue weighted by molar-refractivity contribution is 5.75. The summed E-state index contributed by atoms with van der Waals surface area (Å²) in [5, 5.41) is 7.23. The normalized spacial score (nSPS) is 16.7. The Bertz CT molecular complexity index is 805. The van der Waals surface area contributed by atoms with Crippen molar-refractivity contribution in [3.05, 3.63) is 34.9 Å². The first-order chi connectivity index (χ1) is 13.1. The summed E-state index contributed by atoms with van der Waals surface area (Å²) in [7, 11) is 0. The van der Waals surface area contributed by atoms with Gasteiger partial charge in [-0.25, -0.2) is 9.48 Å². The number of morpholine rings is 1. The lowest BCUT2D eigenvalue weighted by Gasteiger charge is -2.38. The van der Waals surface area contributed by atoms with Crippen molar-refractivity contribution >= 4 is 11.6 Å². The molecule has 1 aliphatic heterocycles. The van der Waals surface area contributed by atoms with Gasteiger partial charge in [-0.2, -0.15) is 0 Å². The Kier molecular flexibility index (Phi) is 6.63. The van der Waals surface area contributed by atoms with Gasteiger partial charge in [0.25, 0.3) is 0 Å². The van der Waals surface area contributed by atoms with Gasteiger partial charge in [-0.1, -0.05) is 32.8 Å². The minimum Gasteiger partial charge on any atom is -0.379 e. The third-order valence-corrected chi connectivity index (χ3v) is 5.40. The van der Waals surface area contributed by atoms with Crippen molar-refractivity contribution < 1.29 is 9.53 Å². The molecule has 1 atom stereocenters. The number of aromatic nitrogens is 3. The van der Waals surface area contributed by atoms with E-state index in [2.05, 4.69) is 29.2 Å². The molecule has 1 saturated heterocycles. The highest BCUT2D eigenvalue weighted by atomic mass is 16.5. The summed E-state index contributed by atoms with van der Waals surface area (Å²) in [6, 6.07) is 5.61. The molecule has 3 heterocycles. The lowest BCUT2D eigenvalue weighted by molar-refractivity contribution is -0.122. The van der Waals surface area contributed by atoms with Crippen molar-refractivity contribution in [3.8, 4) is 0 Å². The van der Waals surface area contributed by atoms with Crippen LogP contribution in [0.5, 0.6) is 0 Å². The van der Waals surface area contributed by atoms with E-state index in [9.17, 15) is 9.59 Å². The van der Waals surface area contributed by atoms with E-state index in [4.69, 9.17) is 4.74 Å². The number of amides is 1. The first-order valence-electron chi connectivity index (χ1n) is 9.76. The topological polar surface area (TPSA) is 80.9 Å². The minimum absolute atomic E-state index is 0.0702. The molecule has 0 aromatic carbocycles. The standard InChI is InChI=1S/C19H29N5O3/c1-3-15(4-2)16(22-9-11-27-12-10-22)13-20-18(25)14-24-19(26)23-8-6-5-7-17(23)21-24/h5-8,15-16H,3-4,9-14H2,1-2H3,(H,20,25)/t16-/m0/s1. The lowest BCUT2D eigenvalue weighted by atomic mass is 9.92. The van der Waals surface area contributed by atoms with Gasteiger partial charge in [-0.05, 0) is 18.1 Å². The van der Waals surface area contributed by atoms with Gasteiger partial charge in [0.05, 0.1) is 13.2 Å². The molecular formula is C19H29N5O3. The fourth-order valence-corrected chi connectivity index (χ4v) is 3.82. The van der Waals surface area contributed by atoms with Gasteiger partial charge in [0, 0.05) is 31.9 Å². The molecule has 0 bridgehead atoms. The maximum atomic E-state index is 12.5. The van der Waals surface area contributed by atoms with Gasteiger partial charge in [0.1, 0.15) is 6.54 Å². The zero-order valence-electron chi connectivity index (χ0n) is 16.1. The summed E-state index contributed by atoms with van der Waals surface area (Å²) in [6.45, 7) is 8.15. The van der Waals surface area contributed by atoms with E-state index in [0.29, 0.717) is 18.1 Å². The second-order valence-electron chi connectivity index (χ2n) is 6.97. The van der Waals surface area contributed by atoms with Crippen LogP contribution in [0.25, 0.3) is 5.65 Å². The Hall–Kier alpha value is -2.19. The van der Waals surface area contributed by atoms with Crippen LogP contribution in [0, 0.1) is 5.92 Å². The number of carbonyl (C=O) groups excluding carboxylic acids is 1. The number of ether oxygens (including phenoxy) is 1. The Labute approximate surface area is 159 Å². The second-order valence-corrected chi connectivity index (χ2v) is 6.97. The highest BCUT2D eigenvalue weighted by Crippen LogP contribution is 2.19. The smallest absolute Gasteiger partial charge is 0.350 e. The molecule has 3 rings (SSSR count). The maximum Gasteiger partial charge on any atom is 0.350 e. The van der Waals surface area contributed by atoms with Gasteiger partial charge in [-0.3, -0.25) is 14.1 Å². The Balaban J connectivity index is 1.64. The van der Waals surface area contributed by atoms with Crippen molar-refractivity contribution in [2.45, 2.75) is 39.3 Å². The number of hydrogen-bond acceptors (Lipinski definition) is 5. The molecular weight excluding hydrogens is 346 g/mol. The van der Waals surface area contributed by atoms with E-state index in [1.807, 2.05) is 6.07 Å². The minimum atomic E-state index is -0.300. The first-order valence-corrected chi connectivity index (χ1v) is 9.76. The first kappa shape index (κ1) is 19.6. The fraction of sp³-hybridized carbons (Fsp3) is 0.632. The fourth-order valence-electron chi connectivity index (χ4n) is 3.82. The average molecular weight is 375 g/mol. The molecule has 1 N–H and O–H groups in total. The van der Waals surface area contributed by atoms with Gasteiger partial charge >= 0.3 is 5.69 Å². The summed E-state index contributed by atoms with van der Waals surface area (Å²) < 4.78 is 8.12. The van der Waals surface area contributed by atoms with Crippen LogP contribution >= 0.6 is 0 Å². The number of hydrogen-bond donors (Lipinski definition) is 1. The monoisotopic (exact) mass is 375 g/mol. The highest BCUT2D eigenvalue weighted by Gasteiger charge is 2.27. The zero-order chi connectivity index (χ0) is 19.2. The molecule has 1 fully saturated rings. The van der Waals surface area contributed by atoms with Crippen LogP contribution in [0.1, 0.15) is 26.7 Å². The largest absolute Gasteiger partial charge is 0.379 e. The molecule has 1 aliphatic rings. The quantitative estimate of drug-likeness (QED) is 0.736. The van der Waals surface area contributed by atoms with Crippen molar-refractivity contribution in [2.24, 2.45) is 5.92 Å². The van der Waals surface area contributed by atoms with E-state index >= 15 is 0 Å². The van der Waals surface area contributed by atoms with E-state index in [1.54, 1.807) is 18.3 Å². The van der Waals surface area contributed by atoms with E-state index in [-0.39, 0.29) is 24.2 Å². The zero-order valence-corrected chi connectivity index (χ0v) is 16.1. The van der Waals surface area contributed by atoms with Crippen LogP contribution in [0.3, 0.4) is 0 Å². The SMILES string of the molecule is CCC(CC)[C@H](CNC(=O)Cn1nc2ccccn2c1=O)N1CCOCC1. The lowest BCUT2D eigenvalue weighted by Crippen LogP contribution is -2.52. The Morgan fingerprint density at radius 3 is 2.67 bits per heavy atom. The molecule has 0 saturated carbocycles. The van der Waals surface area contributed by atoms with Gasteiger partial charge < -0.3 is 10.1 Å². The van der Waals surface area contributed by atoms with Crippen LogP contribution in [-0.4, -0.2) is 63.9 Å². The number of fused-ring (bicyclic) bond motifs is 1. The maximum absolute atomic E-state index is 12.5. The van der Waals surface area contributed by atoms with Crippen LogP contribution in [0.15, 0.2) is 29.2 Å². The summed E-state index contributed by atoms with van der Waals surface area (Å²) >= 11 is 0. The van der Waals surface area contributed by atoms with Crippen LogP contribution in [-0.2, 0) is 16.1 Å². The van der Waals surface area contributed by atoms with Gasteiger partial charge in [-0.15, -0.1) is 5.10 Å². The van der Waals surface area contributed by atoms with E-state index in [0.717, 1.165) is 39.1 Å². The number of nitrogens with zero attached hydrogens (tertiary/aromatic N) is 4. The molecule has 0 spiro atoms. The van der Waals surface area contributed by atoms with Gasteiger partial charge in [0.2, 0.25) is 5.91 Å². The summed E-state index contributed by atoms with van der Waals surface area (Å²) in [6.07, 6.45) is 3.79. The molecule has 0 radical (unpaired) electrons. The Morgan fingerprint density at radius 2 is 2.00 bits per heavy atom. The van der Waals surface area contributed by atoms with Crippen LogP contribution < -0.4 is 11.0 Å². The third kappa shape index (κ3) is 4.56. The molecule has 8 heteroatoms. The molecule has 148 valence electrons. The molecule has 2 aromatic rings. The number of rotatable bonds is 8. The van der Waals surface area contributed by atoms with Crippen molar-refractivity contribution in [2.75, 3.05) is 32.8 Å². The average Bonchev–Trinajstić information content (AvgIpc) is 3.01. The number of pyridine rings is 1. The summed E-state index contributed by atoms with van der Waals surface area (Å²) in [5.74, 6) is 0.325. The van der Waals surface area contributed by atoms with Crippen molar-refractivity contribution in [1.29, 1.82) is 0 Å². The molecule has 8 nitrogen and oxygen atoms in total. The number of nitrogens with one attached hydrogen (secondary N) is 1. The van der Waals surface area contributed by atoms with Crippen LogP contribution in [0.4, 0.5) is 0 Å². The summed E-state index contributed by atoms with van der Waals surface area (Å²) in [5.41, 5.74) is 0.240. The molecule has 27 heavy (non-hydrogen) atoms. The summed E-state index contributed by atoms with van der Waals surface area (Å²) in [4.78, 5) is 27.2. The molecule has 1 amide bonds. The van der Waals surface area contributed by atoms with E-state index in [1.165, 1.54) is 9.08 Å². The predicted octanol–water partition coefficient (Wildman–Crippen LogP) is 0.749. The Morgan fingerprint density at radius 1 is 1.26 bits per heavy atom. The van der Waals surface area contributed by atoms with Crippen LogP contribution in [0.2, 0.25) is 0 Å². The third-order valence-electron chi connectivity index (χ3n) is 5.40. The van der Waals surface area contributed by atoms with Gasteiger partial charge in [0.15, 0.2) is 5.65 Å². The molecule has 0 unspecified atom stereocenters.